The van der Waals surface area contributed by atoms with Crippen molar-refractivity contribution in [3.63, 3.8) is 0 Å². The monoisotopic (exact) mass is 412 g/mol. The Balaban J connectivity index is 2.76. The van der Waals surface area contributed by atoms with Gasteiger partial charge in [-0.25, -0.2) is 13.1 Å². The molecule has 0 saturated carbocycles. The molecule has 1 amide bonds. The number of rotatable bonds is 9. The van der Waals surface area contributed by atoms with Crippen molar-refractivity contribution in [3.8, 4) is 0 Å². The summed E-state index contributed by atoms with van der Waals surface area (Å²) in [6.07, 6.45) is 2.37. The van der Waals surface area contributed by atoms with Crippen LogP contribution in [0.2, 0.25) is 0 Å². The van der Waals surface area contributed by atoms with Crippen LogP contribution in [0.5, 0.6) is 0 Å². The van der Waals surface area contributed by atoms with Crippen molar-refractivity contribution in [3.05, 3.63) is 22.6 Å². The van der Waals surface area contributed by atoms with Crippen molar-refractivity contribution in [2.45, 2.75) is 25.9 Å². The Kier molecular flexibility index (Phi) is 7.95. The van der Waals surface area contributed by atoms with Crippen LogP contribution in [-0.2, 0) is 21.4 Å². The molecule has 0 aliphatic heterocycles. The normalized spacial score (nSPS) is 13.1. The van der Waals surface area contributed by atoms with Crippen molar-refractivity contribution in [1.29, 1.82) is 0 Å². The Morgan fingerprint density at radius 1 is 1.50 bits per heavy atom. The van der Waals surface area contributed by atoms with Crippen molar-refractivity contribution in [2.24, 2.45) is 0 Å². The fraction of sp³-hybridized carbons (Fsp3) is 0.615. The lowest BCUT2D eigenvalue weighted by atomic mass is 10.2. The quantitative estimate of drug-likeness (QED) is 0.671. The molecular weight excluding hydrogens is 392 g/mol. The first-order chi connectivity index (χ1) is 10.3. The summed E-state index contributed by atoms with van der Waals surface area (Å²) in [5.74, 6) is 1.01. The number of carbonyl (C=O) groups excluding carboxylic acids is 1. The van der Waals surface area contributed by atoms with Gasteiger partial charge in [-0.2, -0.15) is 11.8 Å². The lowest BCUT2D eigenvalue weighted by Gasteiger charge is -2.23. The van der Waals surface area contributed by atoms with Gasteiger partial charge >= 0.3 is 0 Å². The van der Waals surface area contributed by atoms with E-state index in [0.29, 0.717) is 22.6 Å². The van der Waals surface area contributed by atoms with Crippen molar-refractivity contribution < 1.29 is 17.6 Å². The summed E-state index contributed by atoms with van der Waals surface area (Å²) < 4.78 is 31.9. The molecule has 0 spiro atoms. The van der Waals surface area contributed by atoms with E-state index < -0.39 is 16.1 Å². The Morgan fingerprint density at radius 2 is 2.18 bits per heavy atom. The third kappa shape index (κ3) is 6.31. The van der Waals surface area contributed by atoms with Crippen LogP contribution >= 0.6 is 27.7 Å². The summed E-state index contributed by atoms with van der Waals surface area (Å²) in [6.45, 7) is 1.83. The van der Waals surface area contributed by atoms with E-state index in [9.17, 15) is 13.2 Å². The maximum absolute atomic E-state index is 12.5. The number of sulfonamides is 1. The molecule has 0 aliphatic carbocycles. The van der Waals surface area contributed by atoms with Gasteiger partial charge in [-0.1, -0.05) is 0 Å². The highest BCUT2D eigenvalue weighted by atomic mass is 79.9. The molecule has 0 saturated heterocycles. The first-order valence-corrected chi connectivity index (χ1v) is 10.6. The fourth-order valence-electron chi connectivity index (χ4n) is 1.78. The summed E-state index contributed by atoms with van der Waals surface area (Å²) >= 11 is 4.78. The van der Waals surface area contributed by atoms with Crippen LogP contribution in [0.25, 0.3) is 0 Å². The number of amides is 1. The number of nitrogens with zero attached hydrogens (tertiary/aromatic N) is 1. The molecule has 0 aliphatic rings. The zero-order valence-corrected chi connectivity index (χ0v) is 16.1. The molecule has 1 unspecified atom stereocenters. The van der Waals surface area contributed by atoms with Crippen LogP contribution in [-0.4, -0.2) is 50.1 Å². The smallest absolute Gasteiger partial charge is 0.240 e. The van der Waals surface area contributed by atoms with Gasteiger partial charge in [-0.3, -0.25) is 4.79 Å². The topological polar surface area (TPSA) is 79.6 Å². The van der Waals surface area contributed by atoms with E-state index in [4.69, 9.17) is 4.42 Å². The highest BCUT2D eigenvalue weighted by Gasteiger charge is 2.26. The fourth-order valence-corrected chi connectivity index (χ4v) is 3.41. The number of thioether (sulfide) groups is 1. The summed E-state index contributed by atoms with van der Waals surface area (Å²) in [6, 6.07) is 2.76. The van der Waals surface area contributed by atoms with E-state index in [0.717, 1.165) is 0 Å². The molecule has 1 aromatic rings. The minimum absolute atomic E-state index is 0.0507. The van der Waals surface area contributed by atoms with Crippen LogP contribution in [0, 0.1) is 0 Å². The van der Waals surface area contributed by atoms with Gasteiger partial charge in [0.1, 0.15) is 11.8 Å². The molecule has 22 heavy (non-hydrogen) atoms. The van der Waals surface area contributed by atoms with Crippen LogP contribution in [0.1, 0.15) is 19.1 Å². The molecule has 9 heteroatoms. The molecule has 1 rings (SSSR count). The molecule has 0 radical (unpaired) electrons. The molecule has 0 fully saturated rings. The largest absolute Gasteiger partial charge is 0.452 e. The Morgan fingerprint density at radius 3 is 2.68 bits per heavy atom. The number of nitrogens with one attached hydrogen (secondary N) is 1. The number of halogens is 1. The molecule has 0 aromatic carbocycles. The lowest BCUT2D eigenvalue weighted by Crippen LogP contribution is -2.47. The second-order valence-electron chi connectivity index (χ2n) is 4.76. The van der Waals surface area contributed by atoms with E-state index in [-0.39, 0.29) is 18.2 Å². The predicted molar refractivity (Wildman–Crippen MR) is 92.3 cm³/mol. The van der Waals surface area contributed by atoms with E-state index in [2.05, 4.69) is 20.7 Å². The van der Waals surface area contributed by atoms with Gasteiger partial charge in [0.25, 0.3) is 0 Å². The zero-order valence-electron chi connectivity index (χ0n) is 12.8. The Labute approximate surface area is 144 Å². The maximum Gasteiger partial charge on any atom is 0.240 e. The lowest BCUT2D eigenvalue weighted by molar-refractivity contribution is -0.132. The molecule has 1 aromatic heterocycles. The van der Waals surface area contributed by atoms with Crippen molar-refractivity contribution in [1.82, 2.24) is 9.62 Å². The Bertz CT molecular complexity index is 589. The standard InChI is InChI=1S/C13H21BrN2O4S2/c1-4-22(18,19)15-11(7-8-21-3)13(17)16(2)9-10-5-6-12(14)20-10/h5-6,11,15H,4,7-9H2,1-3H3. The zero-order chi connectivity index (χ0) is 16.8. The maximum atomic E-state index is 12.5. The highest BCUT2D eigenvalue weighted by Crippen LogP contribution is 2.16. The average molecular weight is 413 g/mol. The summed E-state index contributed by atoms with van der Waals surface area (Å²) in [7, 11) is -1.80. The summed E-state index contributed by atoms with van der Waals surface area (Å²) in [5, 5.41) is 0. The van der Waals surface area contributed by atoms with Gasteiger partial charge in [0.15, 0.2) is 4.67 Å². The van der Waals surface area contributed by atoms with Gasteiger partial charge in [-0.15, -0.1) is 0 Å². The predicted octanol–water partition coefficient (Wildman–Crippen LogP) is 2.06. The molecule has 0 bridgehead atoms. The Hall–Kier alpha value is -0.510. The van der Waals surface area contributed by atoms with Crippen molar-refractivity contribution in [2.75, 3.05) is 24.8 Å². The van der Waals surface area contributed by atoms with Gasteiger partial charge in [-0.05, 0) is 53.4 Å². The van der Waals surface area contributed by atoms with Crippen LogP contribution < -0.4 is 4.72 Å². The van der Waals surface area contributed by atoms with E-state index in [1.165, 1.54) is 4.90 Å². The first-order valence-electron chi connectivity index (χ1n) is 6.77. The van der Waals surface area contributed by atoms with E-state index >= 15 is 0 Å². The minimum Gasteiger partial charge on any atom is -0.452 e. The van der Waals surface area contributed by atoms with Gasteiger partial charge in [0.2, 0.25) is 15.9 Å². The molecule has 6 nitrogen and oxygen atoms in total. The van der Waals surface area contributed by atoms with Crippen LogP contribution in [0.3, 0.4) is 0 Å². The van der Waals surface area contributed by atoms with Crippen LogP contribution in [0.15, 0.2) is 21.2 Å². The number of likely N-dealkylation sites (N-methyl/N-ethyl adjacent to an activating group) is 1. The molecular formula is C13H21BrN2O4S2. The molecule has 126 valence electrons. The summed E-state index contributed by atoms with van der Waals surface area (Å²) in [4.78, 5) is 14.0. The number of furan rings is 1. The van der Waals surface area contributed by atoms with Crippen LogP contribution in [0.4, 0.5) is 0 Å². The first kappa shape index (κ1) is 19.5. The highest BCUT2D eigenvalue weighted by molar-refractivity contribution is 9.10. The second-order valence-corrected chi connectivity index (χ2v) is 8.57. The third-order valence-electron chi connectivity index (χ3n) is 3.01. The third-order valence-corrected chi connectivity index (χ3v) is 5.48. The SMILES string of the molecule is CCS(=O)(=O)NC(CCSC)C(=O)N(C)Cc1ccc(Br)o1. The number of hydrogen-bond donors (Lipinski definition) is 1. The van der Waals surface area contributed by atoms with Crippen molar-refractivity contribution >= 4 is 43.6 Å². The number of carbonyl (C=O) groups is 1. The average Bonchev–Trinajstić information content (AvgIpc) is 2.87. The second kappa shape index (κ2) is 8.95. The van der Waals surface area contributed by atoms with E-state index in [1.54, 1.807) is 37.9 Å². The minimum atomic E-state index is -3.43. The van der Waals surface area contributed by atoms with E-state index in [1.807, 2.05) is 6.26 Å². The van der Waals surface area contributed by atoms with Gasteiger partial charge in [0.05, 0.1) is 12.3 Å². The van der Waals surface area contributed by atoms with Gasteiger partial charge in [0, 0.05) is 7.05 Å². The molecule has 1 heterocycles. The molecule has 1 N–H and O–H groups in total. The number of hydrogen-bond acceptors (Lipinski definition) is 5. The molecule has 1 atom stereocenters. The summed E-state index contributed by atoms with van der Waals surface area (Å²) in [5.41, 5.74) is 0. The van der Waals surface area contributed by atoms with Gasteiger partial charge < -0.3 is 9.32 Å².